The van der Waals surface area contributed by atoms with E-state index >= 15 is 0 Å². The summed E-state index contributed by atoms with van der Waals surface area (Å²) in [4.78, 5) is 0. The Morgan fingerprint density at radius 3 is 2.00 bits per heavy atom. The van der Waals surface area contributed by atoms with Crippen LogP contribution < -0.4 is 0 Å². The second kappa shape index (κ2) is 3.78. The highest BCUT2D eigenvalue weighted by Gasteiger charge is 2.18. The van der Waals surface area contributed by atoms with E-state index in [2.05, 4.69) is 26.2 Å². The Balaban J connectivity index is 2.75. The summed E-state index contributed by atoms with van der Waals surface area (Å²) >= 11 is 0. The van der Waals surface area contributed by atoms with E-state index in [1.165, 1.54) is 31.3 Å². The molecule has 0 nitrogen and oxygen atoms in total. The van der Waals surface area contributed by atoms with E-state index in [1.54, 1.807) is 0 Å². The van der Waals surface area contributed by atoms with Gasteiger partial charge in [0, 0.05) is 0 Å². The summed E-state index contributed by atoms with van der Waals surface area (Å²) in [7, 11) is 0. The number of hydrogen-bond acceptors (Lipinski definition) is 0. The number of hydrogen-bond donors (Lipinski definition) is 0. The Bertz CT molecular complexity index is 158. The first-order valence-electron chi connectivity index (χ1n) is 4.65. The molecule has 0 radical (unpaired) electrons. The maximum atomic E-state index is 3.76. The molecule has 0 spiro atoms. The van der Waals surface area contributed by atoms with E-state index < -0.39 is 0 Å². The highest BCUT2D eigenvalue weighted by atomic mass is 14.2. The van der Waals surface area contributed by atoms with Crippen molar-refractivity contribution < 1.29 is 0 Å². The third kappa shape index (κ3) is 1.97. The third-order valence-corrected chi connectivity index (χ3v) is 2.79. The Labute approximate surface area is 70.0 Å². The van der Waals surface area contributed by atoms with E-state index in [0.717, 1.165) is 11.8 Å². The molecule has 0 heterocycles. The van der Waals surface area contributed by atoms with Gasteiger partial charge in [-0.05, 0) is 30.3 Å². The molecule has 0 saturated heterocycles. The molecular weight excluding hydrogens is 132 g/mol. The topological polar surface area (TPSA) is 0 Å². The van der Waals surface area contributed by atoms with Crippen molar-refractivity contribution in [1.29, 1.82) is 0 Å². The summed E-state index contributed by atoms with van der Waals surface area (Å²) < 4.78 is 0. The van der Waals surface area contributed by atoms with E-state index in [-0.39, 0.29) is 0 Å². The fourth-order valence-electron chi connectivity index (χ4n) is 2.05. The second-order valence-electron chi connectivity index (χ2n) is 3.72. The minimum Gasteiger partial charge on any atom is -0.129 e. The molecular formula is C11H18. The van der Waals surface area contributed by atoms with Crippen molar-refractivity contribution in [3.8, 4) is 0 Å². The lowest BCUT2D eigenvalue weighted by molar-refractivity contribution is 0.568. The van der Waals surface area contributed by atoms with Crippen LogP contribution in [0.2, 0.25) is 0 Å². The molecule has 0 amide bonds. The predicted molar refractivity (Wildman–Crippen MR) is 49.4 cm³/mol. The minimum atomic E-state index is 0.727. The Morgan fingerprint density at radius 2 is 1.64 bits per heavy atom. The van der Waals surface area contributed by atoms with Crippen LogP contribution in [-0.2, 0) is 0 Å². The molecule has 0 aliphatic heterocycles. The van der Waals surface area contributed by atoms with Crippen LogP contribution in [0.3, 0.4) is 0 Å². The van der Waals surface area contributed by atoms with Crippen molar-refractivity contribution in [3.63, 3.8) is 0 Å². The fraction of sp³-hybridized carbons (Fsp3) is 0.727. The zero-order chi connectivity index (χ0) is 8.27. The Hall–Kier alpha value is -0.480. The van der Waals surface area contributed by atoms with Crippen LogP contribution in [0.15, 0.2) is 17.9 Å². The quantitative estimate of drug-likeness (QED) is 0.366. The smallest absolute Gasteiger partial charge is 0.0153 e. The normalized spacial score (nSPS) is 32.7. The molecule has 1 saturated carbocycles. The summed E-state index contributed by atoms with van der Waals surface area (Å²) in [6, 6.07) is 0. The van der Waals surface area contributed by atoms with Crippen molar-refractivity contribution in [2.24, 2.45) is 11.8 Å². The largest absolute Gasteiger partial charge is 0.129 e. The average molecular weight is 150 g/mol. The molecule has 1 fully saturated rings. The molecule has 2 unspecified atom stereocenters. The van der Waals surface area contributed by atoms with Crippen molar-refractivity contribution >= 4 is 0 Å². The van der Waals surface area contributed by atoms with Crippen LogP contribution in [-0.4, -0.2) is 0 Å². The molecule has 1 aliphatic rings. The Morgan fingerprint density at radius 1 is 1.18 bits per heavy atom. The van der Waals surface area contributed by atoms with Crippen LogP contribution >= 0.6 is 0 Å². The van der Waals surface area contributed by atoms with Gasteiger partial charge in [-0.2, -0.15) is 0 Å². The standard InChI is InChI=1S/C11H18/c1-4-11-9(2)7-5-6-8-10(11)3/h9-10H,1,5-8H2,2-3H3. The van der Waals surface area contributed by atoms with Gasteiger partial charge < -0.3 is 0 Å². The molecule has 1 aliphatic carbocycles. The van der Waals surface area contributed by atoms with Gasteiger partial charge >= 0.3 is 0 Å². The van der Waals surface area contributed by atoms with Crippen LogP contribution in [0.5, 0.6) is 0 Å². The molecule has 0 bridgehead atoms. The van der Waals surface area contributed by atoms with Crippen molar-refractivity contribution in [2.45, 2.75) is 39.5 Å². The highest BCUT2D eigenvalue weighted by molar-refractivity contribution is 5.08. The fourth-order valence-corrected chi connectivity index (χ4v) is 2.05. The molecule has 0 aromatic carbocycles. The van der Waals surface area contributed by atoms with Crippen LogP contribution in [0.25, 0.3) is 0 Å². The molecule has 0 heteroatoms. The summed E-state index contributed by atoms with van der Waals surface area (Å²) in [6.07, 6.45) is 5.44. The lowest BCUT2D eigenvalue weighted by Crippen LogP contribution is -2.03. The monoisotopic (exact) mass is 150 g/mol. The van der Waals surface area contributed by atoms with E-state index in [9.17, 15) is 0 Å². The molecule has 2 atom stereocenters. The number of allylic oxidation sites excluding steroid dienone is 1. The lowest BCUT2D eigenvalue weighted by atomic mass is 9.90. The molecule has 11 heavy (non-hydrogen) atoms. The van der Waals surface area contributed by atoms with Gasteiger partial charge in [-0.1, -0.05) is 33.3 Å². The zero-order valence-electron chi connectivity index (χ0n) is 7.69. The summed E-state index contributed by atoms with van der Waals surface area (Å²) in [5.41, 5.74) is 4.57. The molecule has 0 N–H and O–H groups in total. The molecule has 1 rings (SSSR count). The molecule has 0 aromatic rings. The van der Waals surface area contributed by atoms with Gasteiger partial charge in [0.15, 0.2) is 0 Å². The first-order valence-corrected chi connectivity index (χ1v) is 4.65. The number of rotatable bonds is 0. The van der Waals surface area contributed by atoms with Crippen LogP contribution in [0.1, 0.15) is 39.5 Å². The summed E-state index contributed by atoms with van der Waals surface area (Å²) in [5.74, 6) is 1.45. The van der Waals surface area contributed by atoms with E-state index in [1.807, 2.05) is 0 Å². The Kier molecular flexibility index (Phi) is 2.96. The minimum absolute atomic E-state index is 0.727. The van der Waals surface area contributed by atoms with Gasteiger partial charge in [0.2, 0.25) is 0 Å². The third-order valence-electron chi connectivity index (χ3n) is 2.79. The lowest BCUT2D eigenvalue weighted by Gasteiger charge is -2.14. The first-order chi connectivity index (χ1) is 5.25. The van der Waals surface area contributed by atoms with Gasteiger partial charge in [-0.15, -0.1) is 5.73 Å². The molecule has 62 valence electrons. The second-order valence-corrected chi connectivity index (χ2v) is 3.72. The van der Waals surface area contributed by atoms with Crippen LogP contribution in [0, 0.1) is 11.8 Å². The average Bonchev–Trinajstić information content (AvgIpc) is 2.12. The maximum Gasteiger partial charge on any atom is -0.0153 e. The molecule has 0 aromatic heterocycles. The van der Waals surface area contributed by atoms with Crippen LogP contribution in [0.4, 0.5) is 0 Å². The van der Waals surface area contributed by atoms with Gasteiger partial charge in [0.25, 0.3) is 0 Å². The van der Waals surface area contributed by atoms with Crippen molar-refractivity contribution in [3.05, 3.63) is 17.9 Å². The van der Waals surface area contributed by atoms with Crippen molar-refractivity contribution in [2.75, 3.05) is 0 Å². The predicted octanol–water partition coefficient (Wildman–Crippen LogP) is 3.54. The maximum absolute atomic E-state index is 3.76. The summed E-state index contributed by atoms with van der Waals surface area (Å²) in [6.45, 7) is 8.37. The van der Waals surface area contributed by atoms with Gasteiger partial charge in [0.1, 0.15) is 0 Å². The summed E-state index contributed by atoms with van der Waals surface area (Å²) in [5, 5.41) is 0. The zero-order valence-corrected chi connectivity index (χ0v) is 7.69. The van der Waals surface area contributed by atoms with Gasteiger partial charge in [-0.25, -0.2) is 0 Å². The first kappa shape index (κ1) is 8.62. The van der Waals surface area contributed by atoms with Gasteiger partial charge in [0.05, 0.1) is 0 Å². The van der Waals surface area contributed by atoms with E-state index in [0.29, 0.717) is 0 Å². The highest BCUT2D eigenvalue weighted by Crippen LogP contribution is 2.31. The van der Waals surface area contributed by atoms with Gasteiger partial charge in [-0.3, -0.25) is 0 Å². The van der Waals surface area contributed by atoms with Crippen molar-refractivity contribution in [1.82, 2.24) is 0 Å². The van der Waals surface area contributed by atoms with E-state index in [4.69, 9.17) is 0 Å². The SMILES string of the molecule is C=C=C1C(C)CCCCC1C.